The monoisotopic (exact) mass is 276 g/mol. The van der Waals surface area contributed by atoms with Gasteiger partial charge >= 0.3 is 0 Å². The number of nitrogen functional groups attached to an aromatic ring is 1. The lowest BCUT2D eigenvalue weighted by Gasteiger charge is -2.14. The standard InChI is InChI=1S/C15H17FN2O2/c1-9-6-10(19-2)4-5-13(9)18-14-8-15(20-3)11(16)7-12(14)17/h4-8,18H,17H2,1-3H3. The second-order valence-electron chi connectivity index (χ2n) is 4.38. The molecule has 0 amide bonds. The fraction of sp³-hybridized carbons (Fsp3) is 0.200. The van der Waals surface area contributed by atoms with E-state index in [4.69, 9.17) is 15.2 Å². The van der Waals surface area contributed by atoms with Gasteiger partial charge in [0.25, 0.3) is 0 Å². The van der Waals surface area contributed by atoms with E-state index in [0.717, 1.165) is 17.0 Å². The lowest BCUT2D eigenvalue weighted by Crippen LogP contribution is -2.00. The summed E-state index contributed by atoms with van der Waals surface area (Å²) in [5.41, 5.74) is 8.59. The number of benzene rings is 2. The van der Waals surface area contributed by atoms with Crippen LogP contribution < -0.4 is 20.5 Å². The SMILES string of the molecule is COc1ccc(Nc2cc(OC)c(F)cc2N)c(C)c1. The molecule has 0 radical (unpaired) electrons. The highest BCUT2D eigenvalue weighted by atomic mass is 19.1. The lowest BCUT2D eigenvalue weighted by atomic mass is 10.1. The van der Waals surface area contributed by atoms with Gasteiger partial charge in [-0.2, -0.15) is 0 Å². The predicted molar refractivity (Wildman–Crippen MR) is 78.4 cm³/mol. The zero-order valence-corrected chi connectivity index (χ0v) is 11.7. The maximum absolute atomic E-state index is 13.5. The molecule has 0 saturated carbocycles. The van der Waals surface area contributed by atoms with Crippen LogP contribution in [-0.4, -0.2) is 14.2 Å². The average molecular weight is 276 g/mol. The van der Waals surface area contributed by atoms with Gasteiger partial charge in [-0.25, -0.2) is 4.39 Å². The van der Waals surface area contributed by atoms with Crippen molar-refractivity contribution in [1.82, 2.24) is 0 Å². The molecule has 0 fully saturated rings. The van der Waals surface area contributed by atoms with Crippen molar-refractivity contribution in [2.45, 2.75) is 6.92 Å². The number of halogens is 1. The largest absolute Gasteiger partial charge is 0.497 e. The second-order valence-corrected chi connectivity index (χ2v) is 4.38. The first-order valence-electron chi connectivity index (χ1n) is 6.10. The van der Waals surface area contributed by atoms with E-state index < -0.39 is 5.82 Å². The predicted octanol–water partition coefficient (Wildman–Crippen LogP) is 3.48. The van der Waals surface area contributed by atoms with Gasteiger partial charge in [0.1, 0.15) is 5.75 Å². The number of aryl methyl sites for hydroxylation is 1. The molecule has 0 saturated heterocycles. The molecule has 0 aliphatic carbocycles. The molecule has 2 aromatic carbocycles. The first kappa shape index (κ1) is 14.0. The van der Waals surface area contributed by atoms with Crippen molar-refractivity contribution in [3.8, 4) is 11.5 Å². The third-order valence-corrected chi connectivity index (χ3v) is 3.03. The summed E-state index contributed by atoms with van der Waals surface area (Å²) in [6.45, 7) is 1.95. The van der Waals surface area contributed by atoms with E-state index in [2.05, 4.69) is 5.32 Å². The van der Waals surface area contributed by atoms with E-state index in [0.29, 0.717) is 11.4 Å². The normalized spacial score (nSPS) is 10.2. The van der Waals surface area contributed by atoms with Gasteiger partial charge in [0.05, 0.1) is 25.6 Å². The van der Waals surface area contributed by atoms with Gasteiger partial charge in [-0.1, -0.05) is 0 Å². The van der Waals surface area contributed by atoms with Crippen LogP contribution >= 0.6 is 0 Å². The average Bonchev–Trinajstić information content (AvgIpc) is 2.43. The van der Waals surface area contributed by atoms with Gasteiger partial charge in [-0.15, -0.1) is 0 Å². The van der Waals surface area contributed by atoms with Gasteiger partial charge in [0, 0.05) is 17.8 Å². The van der Waals surface area contributed by atoms with Crippen LogP contribution in [0.4, 0.5) is 21.5 Å². The molecule has 0 unspecified atom stereocenters. The number of anilines is 3. The summed E-state index contributed by atoms with van der Waals surface area (Å²) in [5.74, 6) is 0.438. The quantitative estimate of drug-likeness (QED) is 0.839. The van der Waals surface area contributed by atoms with Gasteiger partial charge in [0.15, 0.2) is 11.6 Å². The van der Waals surface area contributed by atoms with Gasteiger partial charge in [-0.3, -0.25) is 0 Å². The molecule has 0 spiro atoms. The Bertz CT molecular complexity index is 630. The van der Waals surface area contributed by atoms with Crippen molar-refractivity contribution in [2.75, 3.05) is 25.3 Å². The van der Waals surface area contributed by atoms with Crippen LogP contribution in [0.15, 0.2) is 30.3 Å². The van der Waals surface area contributed by atoms with E-state index in [-0.39, 0.29) is 5.75 Å². The maximum Gasteiger partial charge on any atom is 0.167 e. The zero-order valence-electron chi connectivity index (χ0n) is 11.7. The number of hydrogen-bond acceptors (Lipinski definition) is 4. The van der Waals surface area contributed by atoms with Crippen molar-refractivity contribution in [1.29, 1.82) is 0 Å². The Balaban J connectivity index is 2.34. The lowest BCUT2D eigenvalue weighted by molar-refractivity contribution is 0.387. The van der Waals surface area contributed by atoms with Crippen LogP contribution in [0.3, 0.4) is 0 Å². The number of nitrogens with one attached hydrogen (secondary N) is 1. The highest BCUT2D eigenvalue weighted by Crippen LogP contribution is 2.32. The van der Waals surface area contributed by atoms with E-state index in [1.54, 1.807) is 7.11 Å². The molecule has 2 rings (SSSR count). The fourth-order valence-corrected chi connectivity index (χ4v) is 1.88. The molecule has 0 heterocycles. The molecule has 3 N–H and O–H groups in total. The van der Waals surface area contributed by atoms with Crippen molar-refractivity contribution in [3.05, 3.63) is 41.7 Å². The highest BCUT2D eigenvalue weighted by molar-refractivity contribution is 5.75. The molecule has 106 valence electrons. The molecular weight excluding hydrogens is 259 g/mol. The number of ether oxygens (including phenoxy) is 2. The number of hydrogen-bond donors (Lipinski definition) is 2. The number of nitrogens with two attached hydrogens (primary N) is 1. The third kappa shape index (κ3) is 2.77. The molecule has 0 atom stereocenters. The van der Waals surface area contributed by atoms with Crippen LogP contribution in [0.5, 0.6) is 11.5 Å². The summed E-state index contributed by atoms with van der Waals surface area (Å²) in [7, 11) is 3.03. The number of methoxy groups -OCH3 is 2. The Morgan fingerprint density at radius 3 is 2.40 bits per heavy atom. The minimum Gasteiger partial charge on any atom is -0.497 e. The Kier molecular flexibility index (Phi) is 3.98. The Morgan fingerprint density at radius 1 is 1.05 bits per heavy atom. The summed E-state index contributed by atoms with van der Waals surface area (Å²) in [6, 6.07) is 8.39. The topological polar surface area (TPSA) is 56.5 Å². The first-order valence-corrected chi connectivity index (χ1v) is 6.10. The molecule has 0 bridgehead atoms. The molecular formula is C15H17FN2O2. The van der Waals surface area contributed by atoms with E-state index in [1.807, 2.05) is 25.1 Å². The molecule has 2 aromatic rings. The summed E-state index contributed by atoms with van der Waals surface area (Å²) >= 11 is 0. The molecule has 20 heavy (non-hydrogen) atoms. The van der Waals surface area contributed by atoms with Crippen molar-refractivity contribution in [2.24, 2.45) is 0 Å². The van der Waals surface area contributed by atoms with E-state index >= 15 is 0 Å². The maximum atomic E-state index is 13.5. The molecule has 0 aliphatic heterocycles. The third-order valence-electron chi connectivity index (χ3n) is 3.03. The minimum atomic E-state index is -0.484. The van der Waals surface area contributed by atoms with Gasteiger partial charge in [-0.05, 0) is 30.7 Å². The summed E-state index contributed by atoms with van der Waals surface area (Å²) in [6.07, 6.45) is 0. The Labute approximate surface area is 117 Å². The zero-order chi connectivity index (χ0) is 14.7. The Morgan fingerprint density at radius 2 is 1.80 bits per heavy atom. The molecule has 5 heteroatoms. The van der Waals surface area contributed by atoms with Gasteiger partial charge < -0.3 is 20.5 Å². The fourth-order valence-electron chi connectivity index (χ4n) is 1.88. The van der Waals surface area contributed by atoms with Crippen LogP contribution in [-0.2, 0) is 0 Å². The Hall–Kier alpha value is -2.43. The van der Waals surface area contributed by atoms with E-state index in [9.17, 15) is 4.39 Å². The smallest absolute Gasteiger partial charge is 0.167 e. The molecule has 0 aromatic heterocycles. The van der Waals surface area contributed by atoms with Crippen LogP contribution in [0.1, 0.15) is 5.56 Å². The van der Waals surface area contributed by atoms with Crippen LogP contribution in [0.25, 0.3) is 0 Å². The second kappa shape index (κ2) is 5.69. The first-order chi connectivity index (χ1) is 9.55. The van der Waals surface area contributed by atoms with Crippen molar-refractivity contribution in [3.63, 3.8) is 0 Å². The molecule has 0 aliphatic rings. The highest BCUT2D eigenvalue weighted by Gasteiger charge is 2.09. The van der Waals surface area contributed by atoms with Crippen LogP contribution in [0.2, 0.25) is 0 Å². The summed E-state index contributed by atoms with van der Waals surface area (Å²) in [4.78, 5) is 0. The van der Waals surface area contributed by atoms with E-state index in [1.165, 1.54) is 19.2 Å². The number of rotatable bonds is 4. The molecule has 4 nitrogen and oxygen atoms in total. The summed E-state index contributed by atoms with van der Waals surface area (Å²) in [5, 5.41) is 3.17. The van der Waals surface area contributed by atoms with Crippen molar-refractivity contribution < 1.29 is 13.9 Å². The van der Waals surface area contributed by atoms with Gasteiger partial charge in [0.2, 0.25) is 0 Å². The minimum absolute atomic E-state index is 0.146. The summed E-state index contributed by atoms with van der Waals surface area (Å²) < 4.78 is 23.6. The van der Waals surface area contributed by atoms with Crippen LogP contribution in [0, 0.1) is 12.7 Å². The van der Waals surface area contributed by atoms with Crippen molar-refractivity contribution >= 4 is 17.1 Å².